The molecule has 2 saturated heterocycles. The number of aromatic nitrogens is 6. The Balaban J connectivity index is 1.17. The molecular formula is C19H25F2N11O9P2S2. The molecule has 0 radical (unpaired) electrons. The molecule has 0 bridgehead atoms. The second kappa shape index (κ2) is 12.2. The number of thiol groups is 2. The van der Waals surface area contributed by atoms with Gasteiger partial charge in [0.2, 0.25) is 5.95 Å². The SMILES string of the molecule is Nc1nc2c(ncn2[C@@H]2O[C@H](COP(=O)(O)S)[C@H](F)[C@H]2OP(=O)(S)OC[C@@H]2C[C@H](F)[C@H](N3NNc4c(N)ncnc43)O2)c(=O)[nH]1. The van der Waals surface area contributed by atoms with Crippen molar-refractivity contribution in [1.29, 1.82) is 0 Å². The summed E-state index contributed by atoms with van der Waals surface area (Å²) in [5.41, 5.74) is 16.2. The summed E-state index contributed by atoms with van der Waals surface area (Å²) in [6.45, 7) is -10.1. The average molecular weight is 716 g/mol. The number of nitrogens with two attached hydrogens (primary N) is 2. The Bertz CT molecular complexity index is 1750. The van der Waals surface area contributed by atoms with E-state index in [-0.39, 0.29) is 35.2 Å². The number of aromatic amines is 1. The maximum atomic E-state index is 15.7. The van der Waals surface area contributed by atoms with Crippen molar-refractivity contribution < 1.29 is 45.8 Å². The molecule has 8 N–H and O–H groups in total. The highest BCUT2D eigenvalue weighted by molar-refractivity contribution is 8.44. The van der Waals surface area contributed by atoms with Crippen LogP contribution in [0.4, 0.5) is 32.1 Å². The summed E-state index contributed by atoms with van der Waals surface area (Å²) in [4.78, 5) is 39.8. The lowest BCUT2D eigenvalue weighted by molar-refractivity contribution is -0.0449. The molecule has 6 rings (SSSR count). The van der Waals surface area contributed by atoms with Gasteiger partial charge in [0.15, 0.2) is 41.4 Å². The number of imidazole rings is 1. The summed E-state index contributed by atoms with van der Waals surface area (Å²) in [5, 5.41) is 1.27. The van der Waals surface area contributed by atoms with Gasteiger partial charge in [-0.25, -0.2) is 37.9 Å². The number of hydrogen-bond acceptors (Lipinski definition) is 17. The van der Waals surface area contributed by atoms with Gasteiger partial charge in [0.05, 0.1) is 25.6 Å². The fraction of sp³-hybridized carbons (Fsp3) is 0.526. The minimum absolute atomic E-state index is 0.122. The molecule has 20 nitrogen and oxygen atoms in total. The van der Waals surface area contributed by atoms with Crippen molar-refractivity contribution in [3.05, 3.63) is 23.0 Å². The summed E-state index contributed by atoms with van der Waals surface area (Å²) in [7, 11) is 0. The Morgan fingerprint density at radius 1 is 1.13 bits per heavy atom. The van der Waals surface area contributed by atoms with Crippen LogP contribution in [0.15, 0.2) is 17.4 Å². The van der Waals surface area contributed by atoms with Gasteiger partial charge in [0.25, 0.3) is 5.56 Å². The van der Waals surface area contributed by atoms with E-state index < -0.39 is 75.5 Å². The molecule has 0 aromatic carbocycles. The number of anilines is 4. The highest BCUT2D eigenvalue weighted by Crippen LogP contribution is 2.57. The summed E-state index contributed by atoms with van der Waals surface area (Å²) in [6.07, 6.45) is -8.68. The largest absolute Gasteiger partial charge is 0.386 e. The molecule has 2 unspecified atom stereocenters. The summed E-state index contributed by atoms with van der Waals surface area (Å²) >= 11 is 7.36. The molecule has 3 aromatic heterocycles. The van der Waals surface area contributed by atoms with Crippen LogP contribution in [0.25, 0.3) is 11.2 Å². The lowest BCUT2D eigenvalue weighted by atomic mass is 10.1. The number of rotatable bonds is 10. The molecule has 3 aliphatic rings. The molecule has 45 heavy (non-hydrogen) atoms. The summed E-state index contributed by atoms with van der Waals surface area (Å²) in [6, 6.07) is 0. The van der Waals surface area contributed by atoms with Crippen LogP contribution < -0.4 is 33.0 Å². The first-order valence-corrected chi connectivity index (χ1v) is 18.2. The second-order valence-electron chi connectivity index (χ2n) is 9.87. The van der Waals surface area contributed by atoms with E-state index in [0.717, 1.165) is 10.9 Å². The van der Waals surface area contributed by atoms with Crippen LogP contribution in [-0.4, -0.2) is 84.5 Å². The molecule has 9 atom stereocenters. The van der Waals surface area contributed by atoms with Crippen molar-refractivity contribution in [1.82, 2.24) is 35.0 Å². The van der Waals surface area contributed by atoms with Gasteiger partial charge in [-0.1, -0.05) is 24.5 Å². The van der Waals surface area contributed by atoms with Crippen LogP contribution in [0.3, 0.4) is 0 Å². The third kappa shape index (κ3) is 6.63. The number of nitrogens with zero attached hydrogens (tertiary/aromatic N) is 6. The minimum Gasteiger partial charge on any atom is -0.382 e. The normalized spacial score (nSPS) is 30.7. The number of fused-ring (bicyclic) bond motifs is 2. The standard InChI is InChI=1S/C19H25F2N11O9P2S2/c20-7-1-6(39-17(7)32-14-10(29-30-32)13(22)24-4-25-14)2-38-43(36,45)41-12-9(21)8(3-37-42(34,35)44)40-18(12)31-5-26-11-15(31)27-19(23)28-16(11)33/h4-9,12,17-18,29-30H,1-3H2,(H,36,45)(H2,22,24,25)(H2,34,35,44)(H3,23,27,28,33)/t6-,7-,8+,9-,12+,17+,18+,43?/m0/s1. The monoisotopic (exact) mass is 715 g/mol. The maximum Gasteiger partial charge on any atom is 0.386 e. The van der Waals surface area contributed by atoms with Crippen molar-refractivity contribution in [2.24, 2.45) is 0 Å². The van der Waals surface area contributed by atoms with Gasteiger partial charge in [0.1, 0.15) is 30.4 Å². The van der Waals surface area contributed by atoms with Crippen LogP contribution in [0.2, 0.25) is 0 Å². The second-order valence-corrected chi connectivity index (χ2v) is 15.5. The zero-order valence-electron chi connectivity index (χ0n) is 22.4. The number of hydrazine groups is 2. The van der Waals surface area contributed by atoms with Gasteiger partial charge in [-0.3, -0.25) is 33.3 Å². The fourth-order valence-electron chi connectivity index (χ4n) is 4.91. The predicted octanol–water partition coefficient (Wildman–Crippen LogP) is 0.601. The highest BCUT2D eigenvalue weighted by atomic mass is 32.7. The topological polar surface area (TPSA) is 269 Å². The average Bonchev–Trinajstić information content (AvgIpc) is 3.72. The third-order valence-electron chi connectivity index (χ3n) is 6.84. The highest BCUT2D eigenvalue weighted by Gasteiger charge is 2.51. The van der Waals surface area contributed by atoms with Gasteiger partial charge in [-0.2, -0.15) is 4.98 Å². The molecular weight excluding hydrogens is 690 g/mol. The van der Waals surface area contributed by atoms with Crippen LogP contribution in [0.1, 0.15) is 12.6 Å². The molecule has 2 fully saturated rings. The Labute approximate surface area is 260 Å². The van der Waals surface area contributed by atoms with E-state index in [1.807, 2.05) is 0 Å². The van der Waals surface area contributed by atoms with Gasteiger partial charge < -0.3 is 25.8 Å². The van der Waals surface area contributed by atoms with Crippen molar-refractivity contribution in [2.75, 3.05) is 35.1 Å². The molecule has 0 amide bonds. The lowest BCUT2D eigenvalue weighted by Gasteiger charge is -2.26. The minimum atomic E-state index is -4.47. The van der Waals surface area contributed by atoms with Crippen LogP contribution in [-0.2, 0) is 32.2 Å². The Hall–Kier alpha value is -2.63. The summed E-state index contributed by atoms with van der Waals surface area (Å²) < 4.78 is 83.7. The van der Waals surface area contributed by atoms with Crippen molar-refractivity contribution >= 4 is 72.5 Å². The van der Waals surface area contributed by atoms with Crippen molar-refractivity contribution in [3.8, 4) is 0 Å². The number of hydrogen-bond donors (Lipinski definition) is 8. The predicted molar refractivity (Wildman–Crippen MR) is 157 cm³/mol. The molecule has 3 aromatic rings. The van der Waals surface area contributed by atoms with Crippen molar-refractivity contribution in [2.45, 2.75) is 49.5 Å². The van der Waals surface area contributed by atoms with E-state index >= 15 is 8.78 Å². The van der Waals surface area contributed by atoms with Crippen LogP contribution >= 0.6 is 38.1 Å². The van der Waals surface area contributed by atoms with Gasteiger partial charge >= 0.3 is 13.6 Å². The van der Waals surface area contributed by atoms with Gasteiger partial charge in [-0.05, 0) is 0 Å². The van der Waals surface area contributed by atoms with E-state index in [1.165, 1.54) is 11.3 Å². The molecule has 0 saturated carbocycles. The molecule has 26 heteroatoms. The Morgan fingerprint density at radius 3 is 2.67 bits per heavy atom. The van der Waals surface area contributed by atoms with Gasteiger partial charge in [-0.15, -0.1) is 5.53 Å². The van der Waals surface area contributed by atoms with E-state index in [9.17, 15) is 18.8 Å². The van der Waals surface area contributed by atoms with Gasteiger partial charge in [0, 0.05) is 6.42 Å². The smallest absolute Gasteiger partial charge is 0.382 e. The third-order valence-corrected chi connectivity index (χ3v) is 9.29. The quantitative estimate of drug-likeness (QED) is 0.105. The van der Waals surface area contributed by atoms with E-state index in [0.29, 0.717) is 5.69 Å². The first-order valence-electron chi connectivity index (χ1n) is 12.8. The number of alkyl halides is 2. The molecule has 246 valence electrons. The number of nitrogen functional groups attached to an aromatic ring is 2. The lowest BCUT2D eigenvalue weighted by Crippen LogP contribution is -2.48. The number of ether oxygens (including phenoxy) is 2. The molecule has 6 heterocycles. The number of halogens is 2. The number of nitrogens with one attached hydrogen (secondary N) is 3. The molecule has 3 aliphatic heterocycles. The number of H-pyrrole nitrogens is 1. The van der Waals surface area contributed by atoms with E-state index in [2.05, 4.69) is 60.4 Å². The van der Waals surface area contributed by atoms with Crippen molar-refractivity contribution in [3.63, 3.8) is 0 Å². The fourth-order valence-corrected chi connectivity index (χ4v) is 6.92. The molecule has 0 aliphatic carbocycles. The first-order chi connectivity index (χ1) is 21.2. The van der Waals surface area contributed by atoms with Crippen LogP contribution in [0, 0.1) is 0 Å². The zero-order valence-corrected chi connectivity index (χ0v) is 26.0. The van der Waals surface area contributed by atoms with Crippen LogP contribution in [0.5, 0.6) is 0 Å². The molecule has 0 spiro atoms. The Kier molecular flexibility index (Phi) is 8.75. The zero-order chi connectivity index (χ0) is 32.3. The Morgan fingerprint density at radius 2 is 1.91 bits per heavy atom. The van der Waals surface area contributed by atoms with E-state index in [1.54, 1.807) is 0 Å². The summed E-state index contributed by atoms with van der Waals surface area (Å²) in [5.74, 6) is 0.0676. The van der Waals surface area contributed by atoms with E-state index in [4.69, 9.17) is 34.5 Å². The maximum absolute atomic E-state index is 15.7. The first kappa shape index (κ1) is 32.3.